The number of likely N-dealkylation sites (N-methyl/N-ethyl adjacent to an activating group) is 1. The van der Waals surface area contributed by atoms with Crippen LogP contribution < -0.4 is 10.6 Å². The number of carbonyl (C=O) groups excluding carboxylic acids is 1. The van der Waals surface area contributed by atoms with E-state index in [0.717, 1.165) is 38.5 Å². The Bertz CT molecular complexity index is 439. The molecule has 1 saturated heterocycles. The third-order valence-corrected chi connectivity index (χ3v) is 3.44. The van der Waals surface area contributed by atoms with E-state index in [4.69, 9.17) is 5.73 Å². The first-order valence-electron chi connectivity index (χ1n) is 7.35. The largest absolute Gasteiger partial charge is 0.397 e. The Labute approximate surface area is 121 Å². The third kappa shape index (κ3) is 3.93. The topological polar surface area (TPSA) is 62.5 Å². The lowest BCUT2D eigenvalue weighted by atomic mass is 10.1. The summed E-state index contributed by atoms with van der Waals surface area (Å²) in [6, 6.07) is 1.80. The van der Waals surface area contributed by atoms with Gasteiger partial charge in [-0.3, -0.25) is 4.79 Å². The zero-order valence-electron chi connectivity index (χ0n) is 13.0. The standard InChI is InChI=1S/C13H20N4O.C2H6/c1-3-16-4-6-17(7-5-16)13-8-11(10(2)18)12(14)9-15-13;1-2/h8-9H,3-7,14H2,1-2H3;1-2H3. The fourth-order valence-corrected chi connectivity index (χ4v) is 2.23. The molecule has 1 aromatic heterocycles. The lowest BCUT2D eigenvalue weighted by Gasteiger charge is -2.34. The molecule has 0 aliphatic carbocycles. The minimum atomic E-state index is -0.0108. The molecular formula is C15H26N4O. The molecule has 112 valence electrons. The number of hydrogen-bond acceptors (Lipinski definition) is 5. The quantitative estimate of drug-likeness (QED) is 0.857. The van der Waals surface area contributed by atoms with Crippen molar-refractivity contribution in [2.75, 3.05) is 43.4 Å². The van der Waals surface area contributed by atoms with Crippen molar-refractivity contribution in [2.24, 2.45) is 0 Å². The molecule has 0 bridgehead atoms. The highest BCUT2D eigenvalue weighted by atomic mass is 16.1. The van der Waals surface area contributed by atoms with E-state index < -0.39 is 0 Å². The number of hydrogen-bond donors (Lipinski definition) is 1. The van der Waals surface area contributed by atoms with Crippen LogP contribution in [0.25, 0.3) is 0 Å². The van der Waals surface area contributed by atoms with Crippen LogP contribution in [0.2, 0.25) is 0 Å². The van der Waals surface area contributed by atoms with E-state index in [1.165, 1.54) is 6.92 Å². The predicted molar refractivity (Wildman–Crippen MR) is 84.3 cm³/mol. The van der Waals surface area contributed by atoms with Crippen molar-refractivity contribution >= 4 is 17.3 Å². The average Bonchev–Trinajstić information content (AvgIpc) is 2.49. The minimum Gasteiger partial charge on any atom is -0.397 e. The Hall–Kier alpha value is -1.62. The number of rotatable bonds is 3. The van der Waals surface area contributed by atoms with Crippen LogP contribution in [0.15, 0.2) is 12.3 Å². The highest BCUT2D eigenvalue weighted by Crippen LogP contribution is 2.19. The first kappa shape index (κ1) is 16.4. The van der Waals surface area contributed by atoms with E-state index in [-0.39, 0.29) is 5.78 Å². The zero-order valence-corrected chi connectivity index (χ0v) is 13.0. The number of nitrogens with two attached hydrogens (primary N) is 1. The zero-order chi connectivity index (χ0) is 15.1. The Kier molecular flexibility index (Phi) is 6.45. The molecular weight excluding hydrogens is 252 g/mol. The van der Waals surface area contributed by atoms with E-state index in [1.54, 1.807) is 12.3 Å². The molecule has 0 saturated carbocycles. The molecule has 0 aromatic carbocycles. The van der Waals surface area contributed by atoms with Gasteiger partial charge in [-0.25, -0.2) is 4.98 Å². The van der Waals surface area contributed by atoms with Crippen molar-refractivity contribution in [1.29, 1.82) is 0 Å². The second-order valence-corrected chi connectivity index (χ2v) is 4.61. The van der Waals surface area contributed by atoms with Gasteiger partial charge in [0, 0.05) is 31.7 Å². The van der Waals surface area contributed by atoms with Crippen LogP contribution >= 0.6 is 0 Å². The molecule has 2 heterocycles. The Morgan fingerprint density at radius 3 is 2.40 bits per heavy atom. The Morgan fingerprint density at radius 1 is 1.30 bits per heavy atom. The number of ketones is 1. The second kappa shape index (κ2) is 7.85. The maximum absolute atomic E-state index is 11.5. The van der Waals surface area contributed by atoms with Crippen molar-refractivity contribution in [2.45, 2.75) is 27.7 Å². The van der Waals surface area contributed by atoms with Gasteiger partial charge in [0.15, 0.2) is 5.78 Å². The Morgan fingerprint density at radius 2 is 1.90 bits per heavy atom. The third-order valence-electron chi connectivity index (χ3n) is 3.44. The van der Waals surface area contributed by atoms with Gasteiger partial charge in [0.2, 0.25) is 0 Å². The molecule has 20 heavy (non-hydrogen) atoms. The number of anilines is 2. The lowest BCUT2D eigenvalue weighted by molar-refractivity contribution is 0.101. The number of piperazine rings is 1. The highest BCUT2D eigenvalue weighted by molar-refractivity contribution is 5.99. The van der Waals surface area contributed by atoms with Crippen molar-refractivity contribution in [1.82, 2.24) is 9.88 Å². The number of Topliss-reactive ketones (excluding diaryl/α,β-unsaturated/α-hetero) is 1. The molecule has 0 spiro atoms. The van der Waals surface area contributed by atoms with Gasteiger partial charge in [-0.1, -0.05) is 20.8 Å². The molecule has 0 unspecified atom stereocenters. The monoisotopic (exact) mass is 278 g/mol. The van der Waals surface area contributed by atoms with Crippen LogP contribution in [0.3, 0.4) is 0 Å². The summed E-state index contributed by atoms with van der Waals surface area (Å²) in [4.78, 5) is 20.4. The normalized spacial score (nSPS) is 15.5. The van der Waals surface area contributed by atoms with Crippen LogP contribution in [0.5, 0.6) is 0 Å². The SMILES string of the molecule is CC.CCN1CCN(c2cc(C(C)=O)c(N)cn2)CC1. The van der Waals surface area contributed by atoms with Gasteiger partial charge in [-0.05, 0) is 19.5 Å². The van der Waals surface area contributed by atoms with Crippen molar-refractivity contribution in [3.05, 3.63) is 17.8 Å². The van der Waals surface area contributed by atoms with Gasteiger partial charge < -0.3 is 15.5 Å². The summed E-state index contributed by atoms with van der Waals surface area (Å²) in [5.41, 5.74) is 6.78. The molecule has 1 aromatic rings. The first-order valence-corrected chi connectivity index (χ1v) is 7.35. The van der Waals surface area contributed by atoms with E-state index in [1.807, 2.05) is 13.8 Å². The van der Waals surface area contributed by atoms with Crippen LogP contribution in [0.4, 0.5) is 11.5 Å². The number of nitrogen functional groups attached to an aromatic ring is 1. The summed E-state index contributed by atoms with van der Waals surface area (Å²) in [6.07, 6.45) is 1.58. The summed E-state index contributed by atoms with van der Waals surface area (Å²) in [7, 11) is 0. The Balaban J connectivity index is 0.000000956. The molecule has 0 atom stereocenters. The summed E-state index contributed by atoms with van der Waals surface area (Å²) < 4.78 is 0. The number of aromatic nitrogens is 1. The van der Waals surface area contributed by atoms with Crippen molar-refractivity contribution < 1.29 is 4.79 Å². The first-order chi connectivity index (χ1) is 9.61. The molecule has 0 amide bonds. The number of carbonyl (C=O) groups is 1. The smallest absolute Gasteiger partial charge is 0.162 e. The predicted octanol–water partition coefficient (Wildman–Crippen LogP) is 2.03. The van der Waals surface area contributed by atoms with Gasteiger partial charge in [-0.2, -0.15) is 0 Å². The molecule has 2 N–H and O–H groups in total. The van der Waals surface area contributed by atoms with E-state index >= 15 is 0 Å². The number of nitrogens with zero attached hydrogens (tertiary/aromatic N) is 3. The molecule has 5 heteroatoms. The summed E-state index contributed by atoms with van der Waals surface area (Å²) in [6.45, 7) is 12.8. The van der Waals surface area contributed by atoms with Crippen LogP contribution in [0.1, 0.15) is 38.1 Å². The molecule has 5 nitrogen and oxygen atoms in total. The number of pyridine rings is 1. The molecule has 1 fully saturated rings. The van der Waals surface area contributed by atoms with Gasteiger partial charge >= 0.3 is 0 Å². The summed E-state index contributed by atoms with van der Waals surface area (Å²) >= 11 is 0. The van der Waals surface area contributed by atoms with Crippen LogP contribution in [-0.2, 0) is 0 Å². The fraction of sp³-hybridized carbons (Fsp3) is 0.600. The fourth-order valence-electron chi connectivity index (χ4n) is 2.23. The summed E-state index contributed by atoms with van der Waals surface area (Å²) in [5, 5.41) is 0. The van der Waals surface area contributed by atoms with E-state index in [0.29, 0.717) is 11.3 Å². The van der Waals surface area contributed by atoms with Crippen LogP contribution in [-0.4, -0.2) is 48.4 Å². The highest BCUT2D eigenvalue weighted by Gasteiger charge is 2.18. The van der Waals surface area contributed by atoms with Crippen molar-refractivity contribution in [3.8, 4) is 0 Å². The molecule has 1 aliphatic rings. The van der Waals surface area contributed by atoms with Crippen LogP contribution in [0, 0.1) is 0 Å². The minimum absolute atomic E-state index is 0.0108. The summed E-state index contributed by atoms with van der Waals surface area (Å²) in [5.74, 6) is 0.841. The maximum atomic E-state index is 11.5. The molecule has 0 radical (unpaired) electrons. The lowest BCUT2D eigenvalue weighted by Crippen LogP contribution is -2.46. The second-order valence-electron chi connectivity index (χ2n) is 4.61. The molecule has 1 aliphatic heterocycles. The van der Waals surface area contributed by atoms with Gasteiger partial charge in [0.25, 0.3) is 0 Å². The average molecular weight is 278 g/mol. The van der Waals surface area contributed by atoms with Gasteiger partial charge in [-0.15, -0.1) is 0 Å². The van der Waals surface area contributed by atoms with Gasteiger partial charge in [0.05, 0.1) is 11.9 Å². The molecule has 2 rings (SSSR count). The maximum Gasteiger partial charge on any atom is 0.162 e. The van der Waals surface area contributed by atoms with E-state index in [9.17, 15) is 4.79 Å². The van der Waals surface area contributed by atoms with E-state index in [2.05, 4.69) is 21.7 Å². The van der Waals surface area contributed by atoms with Crippen molar-refractivity contribution in [3.63, 3.8) is 0 Å². The van der Waals surface area contributed by atoms with Gasteiger partial charge in [0.1, 0.15) is 5.82 Å².